The van der Waals surface area contributed by atoms with Crippen LogP contribution in [-0.4, -0.2) is 28.9 Å². The Hall–Kier alpha value is -2.44. The monoisotopic (exact) mass is 440 g/mol. The molecule has 0 bridgehead atoms. The minimum atomic E-state index is -0.714. The summed E-state index contributed by atoms with van der Waals surface area (Å²) < 4.78 is 0. The fourth-order valence-corrected chi connectivity index (χ4v) is 6.95. The molecule has 0 saturated heterocycles. The van der Waals surface area contributed by atoms with Gasteiger partial charge in [0.2, 0.25) is 0 Å². The lowest BCUT2D eigenvalue weighted by Crippen LogP contribution is -2.44. The number of carboxylic acids is 1. The Labute approximate surface area is 190 Å². The zero-order valence-corrected chi connectivity index (χ0v) is 19.1. The largest absolute Gasteiger partial charge is 0.481 e. The third kappa shape index (κ3) is 4.39. The number of carbonyl (C=O) groups excluding carboxylic acids is 1. The summed E-state index contributed by atoms with van der Waals surface area (Å²) >= 11 is 0. The van der Waals surface area contributed by atoms with E-state index in [1.165, 1.54) is 17.5 Å². The van der Waals surface area contributed by atoms with E-state index in [9.17, 15) is 9.59 Å². The van der Waals surface area contributed by atoms with Gasteiger partial charge < -0.3 is 10.9 Å². The lowest BCUT2D eigenvalue weighted by atomic mass is 9.53. The molecule has 7 heteroatoms. The Bertz CT molecular complexity index is 888. The number of allylic oxidation sites excluding steroid dienone is 4. The second-order valence-corrected chi connectivity index (χ2v) is 10.1. The third-order valence-corrected chi connectivity index (χ3v) is 8.35. The van der Waals surface area contributed by atoms with Gasteiger partial charge in [-0.25, -0.2) is 0 Å². The van der Waals surface area contributed by atoms with Crippen LogP contribution in [0.1, 0.15) is 84.0 Å². The van der Waals surface area contributed by atoms with Crippen molar-refractivity contribution < 1.29 is 14.7 Å². The first-order valence-corrected chi connectivity index (χ1v) is 12.2. The second kappa shape index (κ2) is 9.59. The number of rotatable bonds is 8. The normalized spacial score (nSPS) is 33.2. The number of Topliss-reactive ketones (excluding diaryl/α,β-unsaturated/α-hetero) is 1. The third-order valence-electron chi connectivity index (χ3n) is 8.35. The molecular weight excluding hydrogens is 404 g/mol. The fraction of sp³-hybridized carbons (Fsp3) is 0.680. The van der Waals surface area contributed by atoms with Crippen LogP contribution in [0.4, 0.5) is 0 Å². The van der Waals surface area contributed by atoms with Gasteiger partial charge >= 0.3 is 5.97 Å². The van der Waals surface area contributed by atoms with E-state index in [2.05, 4.69) is 28.6 Å². The average Bonchev–Trinajstić information content (AvgIpc) is 3.07. The van der Waals surface area contributed by atoms with Crippen molar-refractivity contribution >= 4 is 23.8 Å². The van der Waals surface area contributed by atoms with Gasteiger partial charge in [0, 0.05) is 18.3 Å². The molecule has 0 aliphatic heterocycles. The van der Waals surface area contributed by atoms with E-state index in [0.29, 0.717) is 23.5 Å². The van der Waals surface area contributed by atoms with E-state index in [0.717, 1.165) is 76.3 Å². The zero-order chi connectivity index (χ0) is 22.7. The molecule has 0 radical (unpaired) electrons. The van der Waals surface area contributed by atoms with Crippen molar-refractivity contribution in [3.8, 4) is 0 Å². The number of hydrogen-bond acceptors (Lipinski definition) is 5. The molecule has 32 heavy (non-hydrogen) atoms. The van der Waals surface area contributed by atoms with Gasteiger partial charge in [0.15, 0.2) is 0 Å². The molecule has 2 fully saturated rings. The Kier molecular flexibility index (Phi) is 6.82. The highest BCUT2D eigenvalue weighted by Gasteiger charge is 2.55. The van der Waals surface area contributed by atoms with Crippen LogP contribution in [0.5, 0.6) is 0 Å². The van der Waals surface area contributed by atoms with Crippen LogP contribution in [0, 0.1) is 23.2 Å². The van der Waals surface area contributed by atoms with Gasteiger partial charge in [-0.05, 0) is 86.3 Å². The number of fused-ring (bicyclic) bond motifs is 4. The molecule has 4 rings (SSSR count). The molecule has 7 nitrogen and oxygen atoms in total. The highest BCUT2D eigenvalue weighted by molar-refractivity contribution is 5.98. The van der Waals surface area contributed by atoms with Crippen LogP contribution in [0.15, 0.2) is 33.0 Å². The minimum absolute atomic E-state index is 0.172. The maximum absolute atomic E-state index is 12.9. The lowest BCUT2D eigenvalue weighted by molar-refractivity contribution is -0.137. The number of hydrogen-bond donors (Lipinski definition) is 3. The second-order valence-electron chi connectivity index (χ2n) is 10.1. The predicted octanol–water partition coefficient (Wildman–Crippen LogP) is 4.30. The SMILES string of the molecule is C[C@]12C[C@H](CCCCCC(=O)O)C3=C4CCC(=NNC=NN)C=C4CC[C@H]3[C@@H]1CCC2=O. The van der Waals surface area contributed by atoms with Crippen LogP contribution in [0.3, 0.4) is 0 Å². The molecule has 4 atom stereocenters. The number of nitrogens with one attached hydrogen (secondary N) is 1. The van der Waals surface area contributed by atoms with Gasteiger partial charge in [0.1, 0.15) is 12.1 Å². The number of ketones is 1. The maximum atomic E-state index is 12.9. The molecule has 0 spiro atoms. The number of unbranched alkanes of at least 4 members (excludes halogenated alkanes) is 2. The summed E-state index contributed by atoms with van der Waals surface area (Å²) in [7, 11) is 0. The topological polar surface area (TPSA) is 117 Å². The zero-order valence-electron chi connectivity index (χ0n) is 19.1. The smallest absolute Gasteiger partial charge is 0.303 e. The van der Waals surface area contributed by atoms with E-state index in [4.69, 9.17) is 10.9 Å². The fourth-order valence-electron chi connectivity index (χ4n) is 6.95. The summed E-state index contributed by atoms with van der Waals surface area (Å²) in [6.07, 6.45) is 14.5. The van der Waals surface area contributed by atoms with Crippen LogP contribution in [-0.2, 0) is 9.59 Å². The van der Waals surface area contributed by atoms with Crippen molar-refractivity contribution in [1.29, 1.82) is 0 Å². The summed E-state index contributed by atoms with van der Waals surface area (Å²) in [6, 6.07) is 0. The summed E-state index contributed by atoms with van der Waals surface area (Å²) in [5.41, 5.74) is 8.22. The first-order valence-electron chi connectivity index (χ1n) is 12.2. The summed E-state index contributed by atoms with van der Waals surface area (Å²) in [5, 5.41) is 16.7. The van der Waals surface area contributed by atoms with Crippen molar-refractivity contribution in [1.82, 2.24) is 5.43 Å². The minimum Gasteiger partial charge on any atom is -0.481 e. The first-order chi connectivity index (χ1) is 15.4. The first kappa shape index (κ1) is 22.7. The molecule has 0 unspecified atom stereocenters. The molecule has 4 aliphatic carbocycles. The maximum Gasteiger partial charge on any atom is 0.303 e. The van der Waals surface area contributed by atoms with Crippen LogP contribution in [0.2, 0.25) is 0 Å². The Morgan fingerprint density at radius 1 is 1.25 bits per heavy atom. The highest BCUT2D eigenvalue weighted by atomic mass is 16.4. The highest BCUT2D eigenvalue weighted by Crippen LogP contribution is 2.61. The molecule has 2 saturated carbocycles. The molecule has 0 aromatic heterocycles. The van der Waals surface area contributed by atoms with Gasteiger partial charge in [0.25, 0.3) is 0 Å². The molecular formula is C25H36N4O3. The van der Waals surface area contributed by atoms with E-state index < -0.39 is 5.97 Å². The predicted molar refractivity (Wildman–Crippen MR) is 125 cm³/mol. The number of aliphatic carboxylic acids is 1. The molecule has 0 aromatic carbocycles. The number of carboxylic acid groups (broad SMARTS) is 1. The Balaban J connectivity index is 1.59. The molecule has 4 N–H and O–H groups in total. The molecule has 0 aromatic rings. The van der Waals surface area contributed by atoms with Gasteiger partial charge in [-0.15, -0.1) is 0 Å². The standard InChI is InChI=1S/C25H36N4O3/c1-25-14-17(5-3-2-4-6-23(31)32)24-19-10-8-18(29-28-15-27-26)13-16(19)7-9-20(24)21(25)11-12-22(25)30/h13,15,17,20-21H,2-12,14,26H2,1H3,(H,27,28)(H,31,32)/t17-,20-,21-,25-/m0/s1. The number of carbonyl (C=O) groups is 2. The summed E-state index contributed by atoms with van der Waals surface area (Å²) in [4.78, 5) is 23.8. The lowest BCUT2D eigenvalue weighted by Gasteiger charge is -2.50. The molecule has 0 amide bonds. The van der Waals surface area contributed by atoms with Crippen molar-refractivity contribution in [3.63, 3.8) is 0 Å². The van der Waals surface area contributed by atoms with Crippen molar-refractivity contribution in [2.24, 2.45) is 39.2 Å². The summed E-state index contributed by atoms with van der Waals surface area (Å²) in [6.45, 7) is 2.23. The van der Waals surface area contributed by atoms with Gasteiger partial charge in [0.05, 0.1) is 5.71 Å². The van der Waals surface area contributed by atoms with Crippen molar-refractivity contribution in [3.05, 3.63) is 22.8 Å². The van der Waals surface area contributed by atoms with Gasteiger partial charge in [-0.2, -0.15) is 10.2 Å². The van der Waals surface area contributed by atoms with Crippen molar-refractivity contribution in [2.75, 3.05) is 0 Å². The van der Waals surface area contributed by atoms with Crippen LogP contribution in [0.25, 0.3) is 0 Å². The average molecular weight is 441 g/mol. The number of nitrogens with zero attached hydrogens (tertiary/aromatic N) is 2. The molecule has 174 valence electrons. The van der Waals surface area contributed by atoms with Gasteiger partial charge in [-0.3, -0.25) is 15.0 Å². The van der Waals surface area contributed by atoms with Gasteiger partial charge in [-0.1, -0.05) is 25.3 Å². The Morgan fingerprint density at radius 3 is 2.88 bits per heavy atom. The molecule has 0 heterocycles. The van der Waals surface area contributed by atoms with Crippen LogP contribution < -0.4 is 11.3 Å². The quantitative estimate of drug-likeness (QED) is 0.171. The van der Waals surface area contributed by atoms with Crippen molar-refractivity contribution in [2.45, 2.75) is 84.0 Å². The number of hydrazone groups is 2. The number of nitrogens with two attached hydrogens (primary N) is 1. The molecule has 4 aliphatic rings. The Morgan fingerprint density at radius 2 is 2.09 bits per heavy atom. The summed E-state index contributed by atoms with van der Waals surface area (Å²) in [5.74, 6) is 6.34. The van der Waals surface area contributed by atoms with Crippen LogP contribution >= 0.6 is 0 Å². The van der Waals surface area contributed by atoms with E-state index in [1.807, 2.05) is 0 Å². The van der Waals surface area contributed by atoms with E-state index in [1.54, 1.807) is 5.57 Å². The van der Waals surface area contributed by atoms with E-state index in [-0.39, 0.29) is 11.8 Å². The van der Waals surface area contributed by atoms with E-state index >= 15 is 0 Å².